The molecule has 0 radical (unpaired) electrons. The molecule has 1 atom stereocenters. The summed E-state index contributed by atoms with van der Waals surface area (Å²) in [6.07, 6.45) is 1.37. The molecule has 1 heterocycles. The largest absolute Gasteiger partial charge is 0.326 e. The number of hydrogen-bond donors (Lipinski definition) is 2. The highest BCUT2D eigenvalue weighted by Gasteiger charge is 2.38. The highest BCUT2D eigenvalue weighted by atomic mass is 16.2. The fraction of sp³-hybridized carbons (Fsp3) is 0.438. The van der Waals surface area contributed by atoms with Gasteiger partial charge in [0.2, 0.25) is 5.91 Å². The Morgan fingerprint density at radius 2 is 2.00 bits per heavy atom. The Balaban J connectivity index is 1.98. The molecular weight excluding hydrogens is 282 g/mol. The Morgan fingerprint density at radius 3 is 2.64 bits per heavy atom. The Morgan fingerprint density at radius 1 is 1.27 bits per heavy atom. The van der Waals surface area contributed by atoms with E-state index in [0.29, 0.717) is 12.1 Å². The van der Waals surface area contributed by atoms with E-state index in [1.165, 1.54) is 0 Å². The monoisotopic (exact) mass is 303 g/mol. The standard InChI is InChI=1S/C16H21N3O3/c1-4-5-13-15(21)19(16(22)18-13)9-14(20)17-12-7-6-10(2)11(3)8-12/h6-8,13H,4-5,9H2,1-3H3,(H,17,20)(H,18,22). The summed E-state index contributed by atoms with van der Waals surface area (Å²) in [7, 11) is 0. The van der Waals surface area contributed by atoms with Crippen molar-refractivity contribution in [2.24, 2.45) is 0 Å². The Kier molecular flexibility index (Phi) is 4.80. The highest BCUT2D eigenvalue weighted by molar-refractivity contribution is 6.07. The molecule has 1 aromatic rings. The maximum atomic E-state index is 12.1. The van der Waals surface area contributed by atoms with Gasteiger partial charge >= 0.3 is 6.03 Å². The number of nitrogens with one attached hydrogen (secondary N) is 2. The Hall–Kier alpha value is -2.37. The zero-order valence-electron chi connectivity index (χ0n) is 13.1. The fourth-order valence-corrected chi connectivity index (χ4v) is 2.37. The Labute approximate surface area is 129 Å². The van der Waals surface area contributed by atoms with Gasteiger partial charge in [0.1, 0.15) is 12.6 Å². The van der Waals surface area contributed by atoms with Crippen LogP contribution in [0.4, 0.5) is 10.5 Å². The van der Waals surface area contributed by atoms with Crippen molar-refractivity contribution in [3.8, 4) is 0 Å². The first kappa shape index (κ1) is 16.0. The summed E-state index contributed by atoms with van der Waals surface area (Å²) in [6, 6.07) is 4.56. The van der Waals surface area contributed by atoms with E-state index in [4.69, 9.17) is 0 Å². The second-order valence-corrected chi connectivity index (χ2v) is 5.56. The molecule has 22 heavy (non-hydrogen) atoms. The minimum Gasteiger partial charge on any atom is -0.326 e. The number of anilines is 1. The average molecular weight is 303 g/mol. The number of rotatable bonds is 5. The maximum Gasteiger partial charge on any atom is 0.325 e. The van der Waals surface area contributed by atoms with E-state index in [0.717, 1.165) is 22.4 Å². The molecule has 1 aliphatic rings. The lowest BCUT2D eigenvalue weighted by Crippen LogP contribution is -2.38. The lowest BCUT2D eigenvalue weighted by atomic mass is 10.1. The van der Waals surface area contributed by atoms with Crippen molar-refractivity contribution in [3.05, 3.63) is 29.3 Å². The van der Waals surface area contributed by atoms with Crippen LogP contribution in [0.15, 0.2) is 18.2 Å². The second kappa shape index (κ2) is 6.60. The molecule has 6 heteroatoms. The van der Waals surface area contributed by atoms with E-state index < -0.39 is 12.1 Å². The van der Waals surface area contributed by atoms with Crippen LogP contribution in [0, 0.1) is 13.8 Å². The molecular formula is C16H21N3O3. The van der Waals surface area contributed by atoms with Crippen molar-refractivity contribution < 1.29 is 14.4 Å². The van der Waals surface area contributed by atoms with Gasteiger partial charge in [-0.3, -0.25) is 14.5 Å². The number of carbonyl (C=O) groups excluding carboxylic acids is 3. The molecule has 118 valence electrons. The summed E-state index contributed by atoms with van der Waals surface area (Å²) in [5.41, 5.74) is 2.86. The SMILES string of the molecule is CCCC1NC(=O)N(CC(=O)Nc2ccc(C)c(C)c2)C1=O. The van der Waals surface area contributed by atoms with Crippen LogP contribution in [0.2, 0.25) is 0 Å². The fourth-order valence-electron chi connectivity index (χ4n) is 2.37. The lowest BCUT2D eigenvalue weighted by molar-refractivity contribution is -0.130. The molecule has 2 rings (SSSR count). The van der Waals surface area contributed by atoms with Crippen molar-refractivity contribution in [2.75, 3.05) is 11.9 Å². The van der Waals surface area contributed by atoms with Gasteiger partial charge in [-0.25, -0.2) is 4.79 Å². The van der Waals surface area contributed by atoms with Crippen LogP contribution in [-0.4, -0.2) is 35.3 Å². The minimum absolute atomic E-state index is 0.266. The summed E-state index contributed by atoms with van der Waals surface area (Å²) in [6.45, 7) is 5.62. The van der Waals surface area contributed by atoms with Crippen molar-refractivity contribution >= 4 is 23.5 Å². The van der Waals surface area contributed by atoms with Crippen molar-refractivity contribution in [3.63, 3.8) is 0 Å². The van der Waals surface area contributed by atoms with Crippen LogP contribution in [-0.2, 0) is 9.59 Å². The van der Waals surface area contributed by atoms with Gasteiger partial charge < -0.3 is 10.6 Å². The number of aryl methyl sites for hydroxylation is 2. The number of benzene rings is 1. The third-order valence-electron chi connectivity index (χ3n) is 3.78. The van der Waals surface area contributed by atoms with E-state index in [1.54, 1.807) is 6.07 Å². The first-order valence-corrected chi connectivity index (χ1v) is 7.41. The van der Waals surface area contributed by atoms with Crippen molar-refractivity contribution in [2.45, 2.75) is 39.7 Å². The van der Waals surface area contributed by atoms with Crippen LogP contribution >= 0.6 is 0 Å². The van der Waals surface area contributed by atoms with Crippen molar-refractivity contribution in [1.29, 1.82) is 0 Å². The molecule has 0 spiro atoms. The minimum atomic E-state index is -0.507. The van der Waals surface area contributed by atoms with Crippen LogP contribution < -0.4 is 10.6 Å². The highest BCUT2D eigenvalue weighted by Crippen LogP contribution is 2.15. The van der Waals surface area contributed by atoms with Gasteiger partial charge in [-0.15, -0.1) is 0 Å². The maximum absolute atomic E-state index is 12.1. The summed E-state index contributed by atoms with van der Waals surface area (Å²) in [4.78, 5) is 36.8. The van der Waals surface area contributed by atoms with Gasteiger partial charge in [0.05, 0.1) is 0 Å². The third-order valence-corrected chi connectivity index (χ3v) is 3.78. The summed E-state index contributed by atoms with van der Waals surface area (Å²) in [5, 5.41) is 5.31. The van der Waals surface area contributed by atoms with Gasteiger partial charge in [0.25, 0.3) is 5.91 Å². The number of urea groups is 1. The molecule has 1 aromatic carbocycles. The normalized spacial score (nSPS) is 17.6. The zero-order valence-corrected chi connectivity index (χ0v) is 13.1. The van der Waals surface area contributed by atoms with E-state index in [-0.39, 0.29) is 18.4 Å². The number of imide groups is 1. The second-order valence-electron chi connectivity index (χ2n) is 5.56. The van der Waals surface area contributed by atoms with Gasteiger partial charge in [0.15, 0.2) is 0 Å². The quantitative estimate of drug-likeness (QED) is 0.816. The molecule has 0 saturated carbocycles. The third kappa shape index (κ3) is 3.44. The Bertz CT molecular complexity index is 613. The lowest BCUT2D eigenvalue weighted by Gasteiger charge is -2.13. The number of hydrogen-bond acceptors (Lipinski definition) is 3. The van der Waals surface area contributed by atoms with Gasteiger partial charge in [-0.2, -0.15) is 0 Å². The molecule has 1 aliphatic heterocycles. The van der Waals surface area contributed by atoms with E-state index >= 15 is 0 Å². The molecule has 0 aliphatic carbocycles. The first-order valence-electron chi connectivity index (χ1n) is 7.41. The number of nitrogens with zero attached hydrogens (tertiary/aromatic N) is 1. The summed E-state index contributed by atoms with van der Waals surface area (Å²) < 4.78 is 0. The smallest absolute Gasteiger partial charge is 0.325 e. The van der Waals surface area contributed by atoms with E-state index in [9.17, 15) is 14.4 Å². The predicted molar refractivity (Wildman–Crippen MR) is 83.5 cm³/mol. The molecule has 6 nitrogen and oxygen atoms in total. The van der Waals surface area contributed by atoms with Gasteiger partial charge in [-0.1, -0.05) is 19.4 Å². The zero-order chi connectivity index (χ0) is 16.3. The molecule has 1 fully saturated rings. The molecule has 0 aromatic heterocycles. The molecule has 1 saturated heterocycles. The topological polar surface area (TPSA) is 78.5 Å². The van der Waals surface area contributed by atoms with Crippen LogP contribution in [0.1, 0.15) is 30.9 Å². The first-order chi connectivity index (χ1) is 10.4. The van der Waals surface area contributed by atoms with Crippen LogP contribution in [0.25, 0.3) is 0 Å². The molecule has 1 unspecified atom stereocenters. The van der Waals surface area contributed by atoms with Crippen LogP contribution in [0.5, 0.6) is 0 Å². The van der Waals surface area contributed by atoms with Gasteiger partial charge in [0, 0.05) is 5.69 Å². The predicted octanol–water partition coefficient (Wildman–Crippen LogP) is 1.96. The molecule has 0 bridgehead atoms. The number of carbonyl (C=O) groups is 3. The van der Waals surface area contributed by atoms with Crippen molar-refractivity contribution in [1.82, 2.24) is 10.2 Å². The number of amides is 4. The summed E-state index contributed by atoms with van der Waals surface area (Å²) in [5.74, 6) is -0.717. The van der Waals surface area contributed by atoms with E-state index in [2.05, 4.69) is 10.6 Å². The molecule has 2 N–H and O–H groups in total. The molecule has 4 amide bonds. The van der Waals surface area contributed by atoms with Crippen LogP contribution in [0.3, 0.4) is 0 Å². The van der Waals surface area contributed by atoms with E-state index in [1.807, 2.05) is 32.9 Å². The summed E-state index contributed by atoms with van der Waals surface area (Å²) >= 11 is 0. The van der Waals surface area contributed by atoms with Gasteiger partial charge in [-0.05, 0) is 43.5 Å². The average Bonchev–Trinajstić information content (AvgIpc) is 2.71.